The van der Waals surface area contributed by atoms with Gasteiger partial charge in [-0.1, -0.05) is 36.4 Å². The highest BCUT2D eigenvalue weighted by molar-refractivity contribution is 7.13. The van der Waals surface area contributed by atoms with E-state index in [9.17, 15) is 24.0 Å². The number of ether oxygens (including phenoxy) is 2. The van der Waals surface area contributed by atoms with Crippen molar-refractivity contribution in [2.75, 3.05) is 25.0 Å². The summed E-state index contributed by atoms with van der Waals surface area (Å²) < 4.78 is 11.4. The number of hydrogen-bond acceptors (Lipinski definition) is 9. The van der Waals surface area contributed by atoms with Gasteiger partial charge in [-0.25, -0.2) is 9.78 Å². The van der Waals surface area contributed by atoms with Crippen LogP contribution < -0.4 is 26.0 Å². The summed E-state index contributed by atoms with van der Waals surface area (Å²) in [6.45, 7) is 9.00. The molecule has 1 fully saturated rings. The van der Waals surface area contributed by atoms with Crippen LogP contribution in [0.1, 0.15) is 75.3 Å². The number of thiazole rings is 1. The molecular formula is C39H50N6O7S. The van der Waals surface area contributed by atoms with Gasteiger partial charge in [0.05, 0.1) is 25.1 Å². The summed E-state index contributed by atoms with van der Waals surface area (Å²) in [6.07, 6.45) is 2.19. The third-order valence-electron chi connectivity index (χ3n) is 9.17. The van der Waals surface area contributed by atoms with Crippen molar-refractivity contribution >= 4 is 46.2 Å². The van der Waals surface area contributed by atoms with Gasteiger partial charge in [0.25, 0.3) is 0 Å². The van der Waals surface area contributed by atoms with Gasteiger partial charge < -0.3 is 30.3 Å². The number of piperidine rings is 1. The molecule has 2 aliphatic heterocycles. The summed E-state index contributed by atoms with van der Waals surface area (Å²) in [5.41, 5.74) is 2.57. The maximum Gasteiger partial charge on any atom is 0.413 e. The number of hydrogen-bond donors (Lipinski definition) is 4. The molecule has 3 atom stereocenters. The molecule has 3 heterocycles. The monoisotopic (exact) mass is 746 g/mol. The number of nitrogens with zero attached hydrogens (tertiary/aromatic N) is 2. The molecule has 0 spiro atoms. The number of aromatic nitrogens is 1. The fraction of sp³-hybridized carbons (Fsp3) is 0.487. The van der Waals surface area contributed by atoms with Gasteiger partial charge in [0.2, 0.25) is 23.6 Å². The lowest BCUT2D eigenvalue weighted by atomic mass is 9.94. The molecule has 4 N–H and O–H groups in total. The third kappa shape index (κ3) is 12.3. The lowest BCUT2D eigenvalue weighted by Crippen LogP contribution is -2.55. The van der Waals surface area contributed by atoms with Crippen molar-refractivity contribution in [2.24, 2.45) is 5.92 Å². The van der Waals surface area contributed by atoms with E-state index in [-0.39, 0.29) is 42.3 Å². The predicted molar refractivity (Wildman–Crippen MR) is 201 cm³/mol. The number of amides is 5. The summed E-state index contributed by atoms with van der Waals surface area (Å²) >= 11 is 1.13. The van der Waals surface area contributed by atoms with E-state index >= 15 is 0 Å². The largest absolute Gasteiger partial charge is 0.494 e. The van der Waals surface area contributed by atoms with E-state index in [1.54, 1.807) is 31.1 Å². The van der Waals surface area contributed by atoms with Crippen LogP contribution in [0.4, 0.5) is 9.93 Å². The minimum absolute atomic E-state index is 0.202. The number of carbonyl (C=O) groups is 5. The van der Waals surface area contributed by atoms with Crippen LogP contribution in [0, 0.1) is 12.8 Å². The summed E-state index contributed by atoms with van der Waals surface area (Å²) in [5, 5.41) is 13.0. The quantitative estimate of drug-likeness (QED) is 0.271. The Morgan fingerprint density at radius 1 is 1.08 bits per heavy atom. The molecule has 14 heteroatoms. The van der Waals surface area contributed by atoms with Gasteiger partial charge >= 0.3 is 6.09 Å². The minimum atomic E-state index is -1.25. The van der Waals surface area contributed by atoms with E-state index in [1.165, 1.54) is 0 Å². The second-order valence-electron chi connectivity index (χ2n) is 14.6. The van der Waals surface area contributed by atoms with E-state index in [2.05, 4.69) is 26.3 Å². The Morgan fingerprint density at radius 3 is 2.64 bits per heavy atom. The molecule has 2 aliphatic rings. The zero-order valence-electron chi connectivity index (χ0n) is 30.9. The van der Waals surface area contributed by atoms with Crippen LogP contribution in [0.25, 0.3) is 0 Å². The van der Waals surface area contributed by atoms with Crippen LogP contribution in [-0.4, -0.2) is 77.0 Å². The lowest BCUT2D eigenvalue weighted by molar-refractivity contribution is -0.138. The standard InChI is InChI=1S/C39H50N6O7S/c1-25-12-14-30-19-28(25)22-40-35(48)31(15-13-26-9-6-5-7-10-26)43-36(49)32(21-34(47)45-17-8-11-27(23-45)16-18-51-30)42-33(46)20-29-24-53-37(41-29)44-38(50)52-39(2,3)4/h5-7,9-10,12,14,19,24,27,31-32H,8,11,13,15-18,20-23H2,1-4H3,(H,40,48)(H,42,46)(H,43,49)(H,41,44,50)/t27?,31-,32-/m0/s1. The molecule has 284 valence electrons. The molecule has 0 saturated carbocycles. The first-order chi connectivity index (χ1) is 25.3. The van der Waals surface area contributed by atoms with Crippen LogP contribution in [-0.2, 0) is 43.3 Å². The molecule has 3 aromatic rings. The van der Waals surface area contributed by atoms with E-state index < -0.39 is 35.6 Å². The number of nitrogens with one attached hydrogen (secondary N) is 4. The summed E-state index contributed by atoms with van der Waals surface area (Å²) in [6, 6.07) is 13.3. The molecule has 53 heavy (non-hydrogen) atoms. The predicted octanol–water partition coefficient (Wildman–Crippen LogP) is 4.67. The van der Waals surface area contributed by atoms with Crippen molar-refractivity contribution in [1.29, 1.82) is 0 Å². The van der Waals surface area contributed by atoms with Crippen molar-refractivity contribution in [3.8, 4) is 5.75 Å². The Hall–Kier alpha value is -4.98. The van der Waals surface area contributed by atoms with Crippen molar-refractivity contribution in [1.82, 2.24) is 25.8 Å². The van der Waals surface area contributed by atoms with E-state index in [1.807, 2.05) is 55.5 Å². The summed E-state index contributed by atoms with van der Waals surface area (Å²) in [7, 11) is 0. The normalized spacial score (nSPS) is 20.2. The first-order valence-corrected chi connectivity index (χ1v) is 19.0. The molecule has 4 bridgehead atoms. The Balaban J connectivity index is 1.35. The van der Waals surface area contributed by atoms with E-state index in [0.29, 0.717) is 44.0 Å². The molecular weight excluding hydrogens is 697 g/mol. The smallest absolute Gasteiger partial charge is 0.413 e. The first kappa shape index (κ1) is 39.2. The Bertz CT molecular complexity index is 1760. The second kappa shape index (κ2) is 18.2. The van der Waals surface area contributed by atoms with E-state index in [0.717, 1.165) is 47.3 Å². The molecule has 1 unspecified atom stereocenters. The SMILES string of the molecule is Cc1ccc2cc1CNC(=O)[C@H](CCc1ccccc1)NC(=O)[C@@H](NC(=O)Cc1csc(NC(=O)OC(C)(C)C)n1)CC(=O)N1CCCC(CCO2)C1. The van der Waals surface area contributed by atoms with Crippen molar-refractivity contribution in [2.45, 2.75) is 96.9 Å². The van der Waals surface area contributed by atoms with Crippen molar-refractivity contribution in [3.63, 3.8) is 0 Å². The van der Waals surface area contributed by atoms with Crippen molar-refractivity contribution in [3.05, 3.63) is 76.3 Å². The Labute approximate surface area is 314 Å². The molecule has 2 aromatic carbocycles. The maximum absolute atomic E-state index is 14.0. The van der Waals surface area contributed by atoms with Gasteiger partial charge in [-0.2, -0.15) is 0 Å². The molecule has 5 rings (SSSR count). The highest BCUT2D eigenvalue weighted by Gasteiger charge is 2.32. The maximum atomic E-state index is 14.0. The van der Waals surface area contributed by atoms with Crippen LogP contribution in [0.2, 0.25) is 0 Å². The highest BCUT2D eigenvalue weighted by atomic mass is 32.1. The van der Waals surface area contributed by atoms with Gasteiger partial charge in [0, 0.05) is 25.0 Å². The molecule has 1 saturated heterocycles. The molecule has 13 nitrogen and oxygen atoms in total. The lowest BCUT2D eigenvalue weighted by Gasteiger charge is -2.34. The van der Waals surface area contributed by atoms with E-state index in [4.69, 9.17) is 9.47 Å². The van der Waals surface area contributed by atoms with Gasteiger partial charge in [-0.15, -0.1) is 11.3 Å². The zero-order valence-corrected chi connectivity index (χ0v) is 31.7. The number of aryl methyl sites for hydroxylation is 2. The van der Waals surface area contributed by atoms with Crippen LogP contribution in [0.3, 0.4) is 0 Å². The zero-order chi connectivity index (χ0) is 38.0. The highest BCUT2D eigenvalue weighted by Crippen LogP contribution is 2.23. The Morgan fingerprint density at radius 2 is 1.87 bits per heavy atom. The van der Waals surface area contributed by atoms with Gasteiger partial charge in [-0.3, -0.25) is 24.5 Å². The Kier molecular flexibility index (Phi) is 13.5. The number of carbonyl (C=O) groups excluding carboxylic acids is 5. The molecule has 0 aliphatic carbocycles. The summed E-state index contributed by atoms with van der Waals surface area (Å²) in [5.74, 6) is -0.874. The van der Waals surface area contributed by atoms with Gasteiger partial charge in [0.1, 0.15) is 23.4 Å². The number of fused-ring (bicyclic) bond motifs is 4. The van der Waals surface area contributed by atoms with Crippen molar-refractivity contribution < 1.29 is 33.4 Å². The average Bonchev–Trinajstić information content (AvgIpc) is 3.54. The molecule has 0 radical (unpaired) electrons. The molecule has 1 aromatic heterocycles. The number of benzene rings is 2. The average molecular weight is 747 g/mol. The first-order valence-electron chi connectivity index (χ1n) is 18.2. The molecule has 5 amide bonds. The van der Waals surface area contributed by atoms with Gasteiger partial charge in [-0.05, 0) is 94.5 Å². The minimum Gasteiger partial charge on any atom is -0.494 e. The number of anilines is 1. The summed E-state index contributed by atoms with van der Waals surface area (Å²) in [4.78, 5) is 73.2. The fourth-order valence-corrected chi connectivity index (χ4v) is 7.06. The number of rotatable bonds is 7. The van der Waals surface area contributed by atoms with Crippen LogP contribution >= 0.6 is 11.3 Å². The third-order valence-corrected chi connectivity index (χ3v) is 9.98. The van der Waals surface area contributed by atoms with Gasteiger partial charge in [0.15, 0.2) is 5.13 Å². The topological polar surface area (TPSA) is 168 Å². The van der Waals surface area contributed by atoms with Crippen LogP contribution in [0.15, 0.2) is 53.9 Å². The second-order valence-corrected chi connectivity index (χ2v) is 15.5. The van der Waals surface area contributed by atoms with Crippen LogP contribution in [0.5, 0.6) is 5.75 Å². The fourth-order valence-electron chi connectivity index (χ4n) is 6.36.